The van der Waals surface area contributed by atoms with Crippen molar-refractivity contribution in [3.63, 3.8) is 0 Å². The molecule has 0 aliphatic heterocycles. The molecule has 0 saturated carbocycles. The van der Waals surface area contributed by atoms with Gasteiger partial charge in [-0.05, 0) is 39.3 Å². The zero-order valence-corrected chi connectivity index (χ0v) is 10.3. The van der Waals surface area contributed by atoms with Gasteiger partial charge in [-0.15, -0.1) is 0 Å². The van der Waals surface area contributed by atoms with E-state index >= 15 is 0 Å². The lowest BCUT2D eigenvalue weighted by Crippen LogP contribution is -2.36. The van der Waals surface area contributed by atoms with E-state index in [1.165, 1.54) is 0 Å². The first-order chi connectivity index (χ1) is 6.18. The molecule has 3 nitrogen and oxygen atoms in total. The average Bonchev–Trinajstić information content (AvgIpc) is 1.99. The van der Waals surface area contributed by atoms with Gasteiger partial charge < -0.3 is 9.47 Å². The smallest absolute Gasteiger partial charge is 0.224 e. The summed E-state index contributed by atoms with van der Waals surface area (Å²) in [4.78, 5) is 10.7. The predicted molar refractivity (Wildman–Crippen MR) is 56.6 cm³/mol. The molecule has 0 bridgehead atoms. The van der Waals surface area contributed by atoms with E-state index in [-0.39, 0.29) is 17.3 Å². The first-order valence-corrected chi connectivity index (χ1v) is 4.94. The Labute approximate surface area is 90.7 Å². The lowest BCUT2D eigenvalue weighted by atomic mass is 10.1. The van der Waals surface area contributed by atoms with Crippen LogP contribution in [0.1, 0.15) is 34.1 Å². The minimum absolute atomic E-state index is 0.203. The average molecular weight is 223 g/mol. The van der Waals surface area contributed by atoms with Gasteiger partial charge in [0.15, 0.2) is 0 Å². The standard InChI is InChI=1S/C10H19ClO3/c1-9(2,6-8(11)12)14-7-10(3,4)13-5/h6-7H2,1-5H3. The van der Waals surface area contributed by atoms with Gasteiger partial charge in [0.2, 0.25) is 5.24 Å². The fourth-order valence-corrected chi connectivity index (χ4v) is 1.14. The van der Waals surface area contributed by atoms with E-state index < -0.39 is 5.60 Å². The zero-order chi connectivity index (χ0) is 11.4. The van der Waals surface area contributed by atoms with Gasteiger partial charge >= 0.3 is 0 Å². The number of methoxy groups -OCH3 is 1. The molecule has 84 valence electrons. The molecular weight excluding hydrogens is 204 g/mol. The largest absolute Gasteiger partial charge is 0.376 e. The van der Waals surface area contributed by atoms with Crippen LogP contribution < -0.4 is 0 Å². The van der Waals surface area contributed by atoms with Crippen molar-refractivity contribution in [2.24, 2.45) is 0 Å². The van der Waals surface area contributed by atoms with E-state index in [1.54, 1.807) is 7.11 Å². The molecule has 0 aromatic heterocycles. The van der Waals surface area contributed by atoms with Crippen molar-refractivity contribution in [1.29, 1.82) is 0 Å². The Kier molecular flexibility index (Phi) is 5.06. The molecule has 0 aromatic carbocycles. The van der Waals surface area contributed by atoms with Crippen molar-refractivity contribution in [1.82, 2.24) is 0 Å². The molecule has 0 unspecified atom stereocenters. The summed E-state index contributed by atoms with van der Waals surface area (Å²) in [6, 6.07) is 0. The quantitative estimate of drug-likeness (QED) is 0.648. The lowest BCUT2D eigenvalue weighted by Gasteiger charge is -2.30. The van der Waals surface area contributed by atoms with Crippen LogP contribution >= 0.6 is 11.6 Å². The Morgan fingerprint density at radius 1 is 1.21 bits per heavy atom. The van der Waals surface area contributed by atoms with Gasteiger partial charge in [-0.2, -0.15) is 0 Å². The summed E-state index contributed by atoms with van der Waals surface area (Å²) in [5.74, 6) is 0. The molecule has 0 aromatic rings. The number of carbonyl (C=O) groups excluding carboxylic acids is 1. The SMILES string of the molecule is COC(C)(C)COC(C)(C)CC(=O)Cl. The maximum atomic E-state index is 10.7. The topological polar surface area (TPSA) is 35.5 Å². The molecule has 14 heavy (non-hydrogen) atoms. The Morgan fingerprint density at radius 2 is 1.71 bits per heavy atom. The second-order valence-corrected chi connectivity index (χ2v) is 4.97. The Bertz CT molecular complexity index is 200. The first-order valence-electron chi connectivity index (χ1n) is 4.56. The summed E-state index contributed by atoms with van der Waals surface area (Å²) >= 11 is 5.30. The van der Waals surface area contributed by atoms with Crippen LogP contribution in [0.15, 0.2) is 0 Å². The minimum Gasteiger partial charge on any atom is -0.376 e. The highest BCUT2D eigenvalue weighted by Gasteiger charge is 2.26. The third kappa shape index (κ3) is 6.35. The Balaban J connectivity index is 4.04. The second kappa shape index (κ2) is 5.10. The minimum atomic E-state index is -0.533. The van der Waals surface area contributed by atoms with Gasteiger partial charge in [0.1, 0.15) is 0 Å². The molecule has 0 fully saturated rings. The van der Waals surface area contributed by atoms with Crippen LogP contribution in [0.4, 0.5) is 0 Å². The van der Waals surface area contributed by atoms with Crippen LogP contribution in [0.5, 0.6) is 0 Å². The highest BCUT2D eigenvalue weighted by atomic mass is 35.5. The van der Waals surface area contributed by atoms with Crippen molar-refractivity contribution in [2.45, 2.75) is 45.3 Å². The summed E-state index contributed by atoms with van der Waals surface area (Å²) in [6.07, 6.45) is 0.203. The van der Waals surface area contributed by atoms with E-state index in [0.29, 0.717) is 6.61 Å². The molecule has 0 rings (SSSR count). The third-order valence-corrected chi connectivity index (χ3v) is 2.06. The van der Waals surface area contributed by atoms with E-state index in [0.717, 1.165) is 0 Å². The van der Waals surface area contributed by atoms with E-state index in [2.05, 4.69) is 0 Å². The lowest BCUT2D eigenvalue weighted by molar-refractivity contribution is -0.127. The number of halogens is 1. The van der Waals surface area contributed by atoms with Crippen LogP contribution in [0.2, 0.25) is 0 Å². The number of ether oxygens (including phenoxy) is 2. The molecule has 0 spiro atoms. The van der Waals surface area contributed by atoms with Gasteiger partial charge in [0.05, 0.1) is 24.2 Å². The van der Waals surface area contributed by atoms with E-state index in [9.17, 15) is 4.79 Å². The van der Waals surface area contributed by atoms with Gasteiger partial charge in [0.25, 0.3) is 0 Å². The Hall–Kier alpha value is -0.120. The number of carbonyl (C=O) groups is 1. The van der Waals surface area contributed by atoms with Crippen LogP contribution in [-0.4, -0.2) is 30.2 Å². The monoisotopic (exact) mass is 222 g/mol. The second-order valence-electron chi connectivity index (χ2n) is 4.54. The third-order valence-electron chi connectivity index (χ3n) is 1.93. The predicted octanol–water partition coefficient (Wildman–Crippen LogP) is 2.36. The van der Waals surface area contributed by atoms with Gasteiger partial charge in [-0.3, -0.25) is 4.79 Å². The van der Waals surface area contributed by atoms with Gasteiger partial charge in [-0.25, -0.2) is 0 Å². The molecule has 0 heterocycles. The fraction of sp³-hybridized carbons (Fsp3) is 0.900. The first kappa shape index (κ1) is 13.9. The normalized spacial score (nSPS) is 13.0. The van der Waals surface area contributed by atoms with Crippen molar-refractivity contribution >= 4 is 16.8 Å². The Morgan fingerprint density at radius 3 is 2.07 bits per heavy atom. The van der Waals surface area contributed by atoms with Crippen LogP contribution in [0.3, 0.4) is 0 Å². The van der Waals surface area contributed by atoms with Crippen LogP contribution in [-0.2, 0) is 14.3 Å². The molecule has 0 radical (unpaired) electrons. The summed E-state index contributed by atoms with van der Waals surface area (Å²) in [5, 5.41) is -0.384. The molecular formula is C10H19ClO3. The van der Waals surface area contributed by atoms with Crippen molar-refractivity contribution in [3.05, 3.63) is 0 Å². The maximum Gasteiger partial charge on any atom is 0.224 e. The highest BCUT2D eigenvalue weighted by molar-refractivity contribution is 6.63. The van der Waals surface area contributed by atoms with E-state index in [1.807, 2.05) is 27.7 Å². The molecule has 0 aliphatic rings. The molecule has 0 aliphatic carbocycles. The molecule has 0 saturated heterocycles. The van der Waals surface area contributed by atoms with Crippen molar-refractivity contribution < 1.29 is 14.3 Å². The number of hydrogen-bond donors (Lipinski definition) is 0. The fourth-order valence-electron chi connectivity index (χ4n) is 0.814. The number of hydrogen-bond acceptors (Lipinski definition) is 3. The zero-order valence-electron chi connectivity index (χ0n) is 9.52. The molecule has 0 N–H and O–H groups in total. The van der Waals surface area contributed by atoms with Gasteiger partial charge in [0, 0.05) is 7.11 Å². The van der Waals surface area contributed by atoms with Crippen LogP contribution in [0.25, 0.3) is 0 Å². The molecule has 0 atom stereocenters. The summed E-state index contributed by atoms with van der Waals surface area (Å²) < 4.78 is 10.8. The van der Waals surface area contributed by atoms with E-state index in [4.69, 9.17) is 21.1 Å². The molecule has 0 amide bonds. The summed E-state index contributed by atoms with van der Waals surface area (Å²) in [6.45, 7) is 7.94. The van der Waals surface area contributed by atoms with Crippen molar-refractivity contribution in [2.75, 3.05) is 13.7 Å². The van der Waals surface area contributed by atoms with Gasteiger partial charge in [-0.1, -0.05) is 0 Å². The number of rotatable bonds is 6. The molecule has 4 heteroatoms. The van der Waals surface area contributed by atoms with Crippen molar-refractivity contribution in [3.8, 4) is 0 Å². The summed E-state index contributed by atoms with van der Waals surface area (Å²) in [7, 11) is 1.63. The summed E-state index contributed by atoms with van der Waals surface area (Å²) in [5.41, 5.74) is -0.874. The maximum absolute atomic E-state index is 10.7. The van der Waals surface area contributed by atoms with Crippen LogP contribution in [0, 0.1) is 0 Å². The highest BCUT2D eigenvalue weighted by Crippen LogP contribution is 2.19.